The average Bonchev–Trinajstić information content (AvgIpc) is 2.47. The van der Waals surface area contributed by atoms with Crippen LogP contribution in [0.4, 0.5) is 0 Å². The molecule has 2 nitrogen and oxygen atoms in total. The van der Waals surface area contributed by atoms with E-state index in [4.69, 9.17) is 0 Å². The number of benzene rings is 2. The lowest BCUT2D eigenvalue weighted by Crippen LogP contribution is -2.04. The largest absolute Gasteiger partial charge is 0.388 e. The standard InChI is InChI=1S/C18H16BrNO/c1-12-6-9-15(16(19)10-12)18(21)11-14-8-7-13-4-2-3-5-17(13)20-14/h2-10,18,21H,11H2,1H3. The molecule has 3 aromatic rings. The van der Waals surface area contributed by atoms with Gasteiger partial charge >= 0.3 is 0 Å². The van der Waals surface area contributed by atoms with E-state index in [2.05, 4.69) is 27.0 Å². The molecule has 106 valence electrons. The highest BCUT2D eigenvalue weighted by atomic mass is 79.9. The summed E-state index contributed by atoms with van der Waals surface area (Å²) in [6, 6.07) is 18.0. The molecule has 0 saturated heterocycles. The fourth-order valence-electron chi connectivity index (χ4n) is 2.43. The van der Waals surface area contributed by atoms with E-state index in [1.807, 2.05) is 55.5 Å². The number of aliphatic hydroxyl groups excluding tert-OH is 1. The molecule has 0 bridgehead atoms. The van der Waals surface area contributed by atoms with E-state index in [-0.39, 0.29) is 0 Å². The van der Waals surface area contributed by atoms with Crippen molar-refractivity contribution in [2.24, 2.45) is 0 Å². The highest BCUT2D eigenvalue weighted by Gasteiger charge is 2.13. The van der Waals surface area contributed by atoms with Gasteiger partial charge in [0.15, 0.2) is 0 Å². The molecule has 3 rings (SSSR count). The zero-order chi connectivity index (χ0) is 14.8. The fourth-order valence-corrected chi connectivity index (χ4v) is 3.19. The summed E-state index contributed by atoms with van der Waals surface area (Å²) in [6.07, 6.45) is -0.0550. The van der Waals surface area contributed by atoms with Gasteiger partial charge in [-0.25, -0.2) is 0 Å². The van der Waals surface area contributed by atoms with Gasteiger partial charge in [0.05, 0.1) is 11.6 Å². The van der Waals surface area contributed by atoms with Crippen molar-refractivity contribution in [1.29, 1.82) is 0 Å². The molecule has 1 atom stereocenters. The molecule has 3 heteroatoms. The third-order valence-electron chi connectivity index (χ3n) is 3.57. The van der Waals surface area contributed by atoms with E-state index in [9.17, 15) is 5.11 Å². The first kappa shape index (κ1) is 14.2. The van der Waals surface area contributed by atoms with Crippen LogP contribution in [0.5, 0.6) is 0 Å². The zero-order valence-electron chi connectivity index (χ0n) is 11.8. The highest BCUT2D eigenvalue weighted by Crippen LogP contribution is 2.27. The first-order chi connectivity index (χ1) is 10.1. The quantitative estimate of drug-likeness (QED) is 0.756. The van der Waals surface area contributed by atoms with Gasteiger partial charge < -0.3 is 5.11 Å². The number of aryl methyl sites for hydroxylation is 1. The maximum atomic E-state index is 10.4. The van der Waals surface area contributed by atoms with Gasteiger partial charge in [-0.15, -0.1) is 0 Å². The van der Waals surface area contributed by atoms with Crippen molar-refractivity contribution >= 4 is 26.8 Å². The number of pyridine rings is 1. The Balaban J connectivity index is 1.87. The van der Waals surface area contributed by atoms with Crippen LogP contribution in [0.3, 0.4) is 0 Å². The lowest BCUT2D eigenvalue weighted by Gasteiger charge is -2.13. The molecule has 0 aliphatic heterocycles. The van der Waals surface area contributed by atoms with Crippen molar-refractivity contribution in [3.63, 3.8) is 0 Å². The number of para-hydroxylation sites is 1. The molecule has 1 unspecified atom stereocenters. The van der Waals surface area contributed by atoms with Crippen molar-refractivity contribution in [1.82, 2.24) is 4.98 Å². The third kappa shape index (κ3) is 3.14. The van der Waals surface area contributed by atoms with E-state index < -0.39 is 6.10 Å². The zero-order valence-corrected chi connectivity index (χ0v) is 13.3. The molecule has 0 aliphatic rings. The number of fused-ring (bicyclic) bond motifs is 1. The second kappa shape index (κ2) is 5.96. The molecule has 2 aromatic carbocycles. The third-order valence-corrected chi connectivity index (χ3v) is 4.26. The molecule has 1 N–H and O–H groups in total. The lowest BCUT2D eigenvalue weighted by atomic mass is 10.0. The predicted octanol–water partition coefficient (Wildman–Crippen LogP) is 4.58. The minimum Gasteiger partial charge on any atom is -0.388 e. The van der Waals surface area contributed by atoms with E-state index in [0.717, 1.165) is 26.6 Å². The number of rotatable bonds is 3. The molecule has 0 radical (unpaired) electrons. The maximum absolute atomic E-state index is 10.4. The Hall–Kier alpha value is -1.71. The topological polar surface area (TPSA) is 33.1 Å². The average molecular weight is 342 g/mol. The maximum Gasteiger partial charge on any atom is 0.0856 e. The monoisotopic (exact) mass is 341 g/mol. The van der Waals surface area contributed by atoms with Crippen LogP contribution in [0.2, 0.25) is 0 Å². The molecule has 1 heterocycles. The van der Waals surface area contributed by atoms with Crippen LogP contribution in [0.1, 0.15) is 22.9 Å². The smallest absolute Gasteiger partial charge is 0.0856 e. The number of aliphatic hydroxyl groups is 1. The Labute approximate surface area is 132 Å². The van der Waals surface area contributed by atoms with Crippen LogP contribution in [-0.4, -0.2) is 10.1 Å². The van der Waals surface area contributed by atoms with Crippen molar-refractivity contribution in [3.05, 3.63) is 75.9 Å². The van der Waals surface area contributed by atoms with Gasteiger partial charge in [-0.05, 0) is 36.2 Å². The van der Waals surface area contributed by atoms with Crippen LogP contribution >= 0.6 is 15.9 Å². The van der Waals surface area contributed by atoms with Crippen LogP contribution in [0, 0.1) is 6.92 Å². The summed E-state index contributed by atoms with van der Waals surface area (Å²) in [5.74, 6) is 0. The van der Waals surface area contributed by atoms with Crippen molar-refractivity contribution in [2.45, 2.75) is 19.4 Å². The van der Waals surface area contributed by atoms with Gasteiger partial charge in [0.2, 0.25) is 0 Å². The van der Waals surface area contributed by atoms with E-state index in [1.54, 1.807) is 0 Å². The van der Waals surface area contributed by atoms with Crippen LogP contribution in [-0.2, 0) is 6.42 Å². The SMILES string of the molecule is Cc1ccc(C(O)Cc2ccc3ccccc3n2)c(Br)c1. The second-order valence-electron chi connectivity index (χ2n) is 5.24. The highest BCUT2D eigenvalue weighted by molar-refractivity contribution is 9.10. The Bertz CT molecular complexity index is 785. The van der Waals surface area contributed by atoms with Gasteiger partial charge in [-0.1, -0.05) is 52.3 Å². The van der Waals surface area contributed by atoms with Crippen LogP contribution < -0.4 is 0 Å². The molecular weight excluding hydrogens is 326 g/mol. The summed E-state index contributed by atoms with van der Waals surface area (Å²) in [5, 5.41) is 11.6. The van der Waals surface area contributed by atoms with Crippen LogP contribution in [0.25, 0.3) is 10.9 Å². The Morgan fingerprint density at radius 3 is 2.71 bits per heavy atom. The second-order valence-corrected chi connectivity index (χ2v) is 6.09. The summed E-state index contributed by atoms with van der Waals surface area (Å²) >= 11 is 3.52. The Morgan fingerprint density at radius 1 is 1.10 bits per heavy atom. The van der Waals surface area contributed by atoms with E-state index in [0.29, 0.717) is 6.42 Å². The first-order valence-electron chi connectivity index (χ1n) is 6.92. The number of nitrogens with zero attached hydrogens (tertiary/aromatic N) is 1. The molecule has 21 heavy (non-hydrogen) atoms. The number of halogens is 1. The molecule has 0 saturated carbocycles. The summed E-state index contributed by atoms with van der Waals surface area (Å²) < 4.78 is 0.941. The Morgan fingerprint density at radius 2 is 1.90 bits per heavy atom. The molecule has 0 amide bonds. The minimum atomic E-state index is -0.561. The van der Waals surface area contributed by atoms with E-state index >= 15 is 0 Å². The summed E-state index contributed by atoms with van der Waals surface area (Å²) in [4.78, 5) is 4.61. The van der Waals surface area contributed by atoms with E-state index in [1.165, 1.54) is 5.56 Å². The first-order valence-corrected chi connectivity index (χ1v) is 7.71. The summed E-state index contributed by atoms with van der Waals surface area (Å²) in [5.41, 5.74) is 3.93. The summed E-state index contributed by atoms with van der Waals surface area (Å²) in [6.45, 7) is 2.03. The number of hydrogen-bond donors (Lipinski definition) is 1. The van der Waals surface area contributed by atoms with Gasteiger partial charge in [0.25, 0.3) is 0 Å². The van der Waals surface area contributed by atoms with Crippen molar-refractivity contribution < 1.29 is 5.11 Å². The normalized spacial score (nSPS) is 12.5. The van der Waals surface area contributed by atoms with Crippen LogP contribution in [0.15, 0.2) is 59.1 Å². The molecule has 1 aromatic heterocycles. The summed E-state index contributed by atoms with van der Waals surface area (Å²) in [7, 11) is 0. The number of aromatic nitrogens is 1. The van der Waals surface area contributed by atoms with Gasteiger partial charge in [-0.2, -0.15) is 0 Å². The minimum absolute atomic E-state index is 0.506. The van der Waals surface area contributed by atoms with Gasteiger partial charge in [-0.3, -0.25) is 4.98 Å². The molecule has 0 fully saturated rings. The predicted molar refractivity (Wildman–Crippen MR) is 89.3 cm³/mol. The molecule has 0 spiro atoms. The number of hydrogen-bond acceptors (Lipinski definition) is 2. The van der Waals surface area contributed by atoms with Crippen molar-refractivity contribution in [3.8, 4) is 0 Å². The van der Waals surface area contributed by atoms with Gasteiger partial charge in [0, 0.05) is 22.0 Å². The van der Waals surface area contributed by atoms with Crippen molar-refractivity contribution in [2.75, 3.05) is 0 Å². The molecule has 0 aliphatic carbocycles. The fraction of sp³-hybridized carbons (Fsp3) is 0.167. The van der Waals surface area contributed by atoms with Gasteiger partial charge in [0.1, 0.15) is 0 Å². The molecular formula is C18H16BrNO. The Kier molecular flexibility index (Phi) is 4.04. The lowest BCUT2D eigenvalue weighted by molar-refractivity contribution is 0.176.